The van der Waals surface area contributed by atoms with E-state index in [1.165, 1.54) is 0 Å². The van der Waals surface area contributed by atoms with E-state index in [4.69, 9.17) is 4.74 Å². The molecular weight excluding hydrogens is 214 g/mol. The molecule has 0 saturated heterocycles. The first kappa shape index (κ1) is 13.8. The van der Waals surface area contributed by atoms with Crippen molar-refractivity contribution in [3.63, 3.8) is 0 Å². The second-order valence-electron chi connectivity index (χ2n) is 4.11. The van der Waals surface area contributed by atoms with Crippen molar-refractivity contribution in [2.75, 3.05) is 32.1 Å². The predicted molar refractivity (Wildman–Crippen MR) is 71.7 cm³/mol. The number of aromatic nitrogens is 1. The minimum Gasteiger partial charge on any atom is -0.495 e. The molecule has 17 heavy (non-hydrogen) atoms. The summed E-state index contributed by atoms with van der Waals surface area (Å²) in [7, 11) is 1.65. The normalized spacial score (nSPS) is 12.5. The van der Waals surface area contributed by atoms with Gasteiger partial charge < -0.3 is 15.0 Å². The summed E-state index contributed by atoms with van der Waals surface area (Å²) in [5, 5.41) is 3.38. The maximum Gasteiger partial charge on any atom is 0.137 e. The van der Waals surface area contributed by atoms with Gasteiger partial charge in [0.15, 0.2) is 0 Å². The van der Waals surface area contributed by atoms with Crippen molar-refractivity contribution in [2.24, 2.45) is 0 Å². The van der Waals surface area contributed by atoms with E-state index in [2.05, 4.69) is 36.0 Å². The molecule has 4 heteroatoms. The second-order valence-corrected chi connectivity index (χ2v) is 4.11. The van der Waals surface area contributed by atoms with E-state index < -0.39 is 0 Å². The van der Waals surface area contributed by atoms with Crippen LogP contribution in [0.2, 0.25) is 0 Å². The molecule has 1 heterocycles. The fraction of sp³-hybridized carbons (Fsp3) is 0.615. The topological polar surface area (TPSA) is 37.4 Å². The van der Waals surface area contributed by atoms with Crippen molar-refractivity contribution in [2.45, 2.75) is 26.8 Å². The van der Waals surface area contributed by atoms with E-state index in [-0.39, 0.29) is 0 Å². The van der Waals surface area contributed by atoms with E-state index in [0.29, 0.717) is 6.04 Å². The molecule has 0 amide bonds. The molecule has 1 rings (SSSR count). The maximum atomic E-state index is 5.07. The van der Waals surface area contributed by atoms with Crippen molar-refractivity contribution in [3.8, 4) is 5.75 Å². The standard InChI is InChI=1S/C13H23N3O/c1-5-16(6-2)10-11(3)15-13-8-7-12(17-4)9-14-13/h7-9,11H,5-6,10H2,1-4H3,(H,14,15). The van der Waals surface area contributed by atoms with Gasteiger partial charge in [-0.2, -0.15) is 0 Å². The molecule has 1 N–H and O–H groups in total. The van der Waals surface area contributed by atoms with Crippen LogP contribution in [0.1, 0.15) is 20.8 Å². The molecule has 1 unspecified atom stereocenters. The molecular formula is C13H23N3O. The van der Waals surface area contributed by atoms with E-state index in [1.54, 1.807) is 13.3 Å². The van der Waals surface area contributed by atoms with Crippen LogP contribution in [-0.4, -0.2) is 42.7 Å². The van der Waals surface area contributed by atoms with E-state index in [1.807, 2.05) is 12.1 Å². The quantitative estimate of drug-likeness (QED) is 0.789. The first-order valence-corrected chi connectivity index (χ1v) is 6.18. The van der Waals surface area contributed by atoms with Gasteiger partial charge in [0.25, 0.3) is 0 Å². The lowest BCUT2D eigenvalue weighted by Crippen LogP contribution is -2.34. The molecule has 96 valence electrons. The molecule has 0 spiro atoms. The van der Waals surface area contributed by atoms with Gasteiger partial charge in [0.05, 0.1) is 13.3 Å². The molecule has 0 aliphatic rings. The van der Waals surface area contributed by atoms with Gasteiger partial charge in [-0.05, 0) is 32.1 Å². The third kappa shape index (κ3) is 4.61. The van der Waals surface area contributed by atoms with Crippen LogP contribution >= 0.6 is 0 Å². The van der Waals surface area contributed by atoms with E-state index in [9.17, 15) is 0 Å². The number of ether oxygens (including phenoxy) is 1. The summed E-state index contributed by atoms with van der Waals surface area (Å²) in [4.78, 5) is 6.68. The Bertz CT molecular complexity index is 309. The molecule has 1 aromatic rings. The van der Waals surface area contributed by atoms with Crippen molar-refractivity contribution < 1.29 is 4.74 Å². The minimum atomic E-state index is 0.385. The zero-order valence-corrected chi connectivity index (χ0v) is 11.2. The van der Waals surface area contributed by atoms with Crippen LogP contribution in [0.3, 0.4) is 0 Å². The van der Waals surface area contributed by atoms with Crippen molar-refractivity contribution in [3.05, 3.63) is 18.3 Å². The van der Waals surface area contributed by atoms with Gasteiger partial charge in [-0.1, -0.05) is 13.8 Å². The van der Waals surface area contributed by atoms with Gasteiger partial charge in [-0.3, -0.25) is 0 Å². The predicted octanol–water partition coefficient (Wildman–Crippen LogP) is 2.23. The summed E-state index contributed by atoms with van der Waals surface area (Å²) < 4.78 is 5.07. The van der Waals surface area contributed by atoms with Crippen molar-refractivity contribution in [1.82, 2.24) is 9.88 Å². The largest absolute Gasteiger partial charge is 0.495 e. The number of hydrogen-bond acceptors (Lipinski definition) is 4. The Hall–Kier alpha value is -1.29. The fourth-order valence-electron chi connectivity index (χ4n) is 1.75. The van der Waals surface area contributed by atoms with Crippen LogP contribution in [0.25, 0.3) is 0 Å². The Morgan fingerprint density at radius 2 is 2.06 bits per heavy atom. The molecule has 0 aromatic carbocycles. The van der Waals surface area contributed by atoms with E-state index in [0.717, 1.165) is 31.2 Å². The van der Waals surface area contributed by atoms with Gasteiger partial charge in [-0.15, -0.1) is 0 Å². The molecule has 0 aliphatic heterocycles. The number of hydrogen-bond donors (Lipinski definition) is 1. The SMILES string of the molecule is CCN(CC)CC(C)Nc1ccc(OC)cn1. The molecule has 1 aromatic heterocycles. The monoisotopic (exact) mass is 237 g/mol. The average Bonchev–Trinajstić information content (AvgIpc) is 2.37. The first-order chi connectivity index (χ1) is 8.19. The molecule has 0 fully saturated rings. The van der Waals surface area contributed by atoms with Crippen LogP contribution in [0.4, 0.5) is 5.82 Å². The maximum absolute atomic E-state index is 5.07. The number of rotatable bonds is 7. The number of nitrogens with zero attached hydrogens (tertiary/aromatic N) is 2. The van der Waals surface area contributed by atoms with E-state index >= 15 is 0 Å². The number of methoxy groups -OCH3 is 1. The molecule has 1 atom stereocenters. The summed E-state index contributed by atoms with van der Waals surface area (Å²) in [6.45, 7) is 9.73. The zero-order chi connectivity index (χ0) is 12.7. The summed E-state index contributed by atoms with van der Waals surface area (Å²) in [5.74, 6) is 1.68. The molecule has 0 aliphatic carbocycles. The van der Waals surface area contributed by atoms with Crippen molar-refractivity contribution in [1.29, 1.82) is 0 Å². The lowest BCUT2D eigenvalue weighted by Gasteiger charge is -2.23. The lowest BCUT2D eigenvalue weighted by molar-refractivity contribution is 0.294. The van der Waals surface area contributed by atoms with Crippen LogP contribution in [0.15, 0.2) is 18.3 Å². The van der Waals surface area contributed by atoms with Gasteiger partial charge in [0.1, 0.15) is 11.6 Å². The summed E-state index contributed by atoms with van der Waals surface area (Å²) >= 11 is 0. The van der Waals surface area contributed by atoms with Gasteiger partial charge in [-0.25, -0.2) is 4.98 Å². The highest BCUT2D eigenvalue weighted by atomic mass is 16.5. The number of pyridine rings is 1. The smallest absolute Gasteiger partial charge is 0.137 e. The fourth-order valence-corrected chi connectivity index (χ4v) is 1.75. The van der Waals surface area contributed by atoms with Crippen molar-refractivity contribution >= 4 is 5.82 Å². The second kappa shape index (κ2) is 7.12. The molecule has 0 saturated carbocycles. The summed E-state index contributed by atoms with van der Waals surface area (Å²) in [6.07, 6.45) is 1.73. The van der Waals surface area contributed by atoms with Crippen LogP contribution < -0.4 is 10.1 Å². The Kier molecular flexibility index (Phi) is 5.77. The minimum absolute atomic E-state index is 0.385. The summed E-state index contributed by atoms with van der Waals surface area (Å²) in [6, 6.07) is 4.24. The average molecular weight is 237 g/mol. The molecule has 0 bridgehead atoms. The highest BCUT2D eigenvalue weighted by Gasteiger charge is 2.07. The third-order valence-electron chi connectivity index (χ3n) is 2.79. The molecule has 4 nitrogen and oxygen atoms in total. The summed E-state index contributed by atoms with van der Waals surface area (Å²) in [5.41, 5.74) is 0. The third-order valence-corrected chi connectivity index (χ3v) is 2.79. The van der Waals surface area contributed by atoms with Gasteiger partial charge >= 0.3 is 0 Å². The Balaban J connectivity index is 2.46. The first-order valence-electron chi connectivity index (χ1n) is 6.18. The van der Waals surface area contributed by atoms with Crippen LogP contribution in [-0.2, 0) is 0 Å². The van der Waals surface area contributed by atoms with Gasteiger partial charge in [0.2, 0.25) is 0 Å². The zero-order valence-electron chi connectivity index (χ0n) is 11.2. The van der Waals surface area contributed by atoms with Gasteiger partial charge in [0, 0.05) is 12.6 Å². The van der Waals surface area contributed by atoms with Crippen LogP contribution in [0, 0.1) is 0 Å². The Labute approximate surface area is 104 Å². The lowest BCUT2D eigenvalue weighted by atomic mass is 10.3. The highest BCUT2D eigenvalue weighted by molar-refractivity contribution is 5.38. The highest BCUT2D eigenvalue weighted by Crippen LogP contribution is 2.12. The number of nitrogens with one attached hydrogen (secondary N) is 1. The number of anilines is 1. The Morgan fingerprint density at radius 1 is 1.35 bits per heavy atom. The molecule has 0 radical (unpaired) electrons. The van der Waals surface area contributed by atoms with Crippen LogP contribution in [0.5, 0.6) is 5.75 Å². The number of likely N-dealkylation sites (N-methyl/N-ethyl adjacent to an activating group) is 1. The Morgan fingerprint density at radius 3 is 2.53 bits per heavy atom.